The molecule has 0 saturated heterocycles. The van der Waals surface area contributed by atoms with Crippen LogP contribution in [-0.4, -0.2) is 32.8 Å². The van der Waals surface area contributed by atoms with E-state index in [4.69, 9.17) is 4.74 Å². The van der Waals surface area contributed by atoms with Gasteiger partial charge in [0.05, 0.1) is 18.0 Å². The van der Waals surface area contributed by atoms with Crippen molar-refractivity contribution in [2.24, 2.45) is 0 Å². The maximum atomic E-state index is 11.5. The highest BCUT2D eigenvalue weighted by atomic mass is 32.2. The van der Waals surface area contributed by atoms with Gasteiger partial charge in [-0.15, -0.1) is 0 Å². The van der Waals surface area contributed by atoms with Crippen LogP contribution < -0.4 is 0 Å². The van der Waals surface area contributed by atoms with E-state index in [9.17, 15) is 13.2 Å². The summed E-state index contributed by atoms with van der Waals surface area (Å²) in [7, 11) is -3.12. The average molecular weight is 437 g/mol. The number of hydrogen-bond donors (Lipinski definition) is 0. The molecule has 0 aliphatic heterocycles. The second kappa shape index (κ2) is 11.2. The first-order valence-electron chi connectivity index (χ1n) is 10.9. The molecule has 0 aliphatic rings. The Morgan fingerprint density at radius 2 is 1.47 bits per heavy atom. The molecule has 0 aromatic heterocycles. The molecule has 2 atom stereocenters. The van der Waals surface area contributed by atoms with Gasteiger partial charge < -0.3 is 9.53 Å². The molecule has 0 N–H and O–H groups in total. The van der Waals surface area contributed by atoms with Gasteiger partial charge >= 0.3 is 0 Å². The van der Waals surface area contributed by atoms with Crippen LogP contribution in [-0.2, 0) is 19.4 Å². The van der Waals surface area contributed by atoms with E-state index in [0.717, 1.165) is 11.9 Å². The second-order valence-electron chi connectivity index (χ2n) is 9.29. The summed E-state index contributed by atoms with van der Waals surface area (Å²) in [5.41, 5.74) is 5.85. The molecule has 4 nitrogen and oxygen atoms in total. The van der Waals surface area contributed by atoms with Crippen molar-refractivity contribution in [3.8, 4) is 0 Å². The Morgan fingerprint density at radius 1 is 0.967 bits per heavy atom. The fraction of sp³-hybridized carbons (Fsp3) is 0.640. The Kier molecular flexibility index (Phi) is 9.96. The first-order chi connectivity index (χ1) is 13.8. The van der Waals surface area contributed by atoms with Gasteiger partial charge in [-0.05, 0) is 59.4 Å². The van der Waals surface area contributed by atoms with Crippen LogP contribution in [0.4, 0.5) is 0 Å². The Bertz CT molecular complexity index is 819. The van der Waals surface area contributed by atoms with Crippen molar-refractivity contribution in [1.29, 1.82) is 0 Å². The highest BCUT2D eigenvalue weighted by Crippen LogP contribution is 2.38. The average Bonchev–Trinajstić information content (AvgIpc) is 2.63. The van der Waals surface area contributed by atoms with Crippen LogP contribution in [0, 0.1) is 0 Å². The van der Waals surface area contributed by atoms with Crippen molar-refractivity contribution in [3.63, 3.8) is 0 Å². The van der Waals surface area contributed by atoms with Gasteiger partial charge in [-0.25, -0.2) is 8.42 Å². The molecular weight excluding hydrogens is 396 g/mol. The van der Waals surface area contributed by atoms with Crippen molar-refractivity contribution < 1.29 is 17.9 Å². The number of hydrogen-bond acceptors (Lipinski definition) is 4. The maximum Gasteiger partial charge on any atom is 0.151 e. The van der Waals surface area contributed by atoms with Crippen LogP contribution in [0.3, 0.4) is 0 Å². The standard InChI is InChI=1S/C25H40O4S/c1-16(2)21-14-22(17(3)4)25(23(15-21)18(5)6)20(8)29-24(10-12-26)19(7)11-13-30(9,27)28/h11-12,14-18,20,24H,10,13H2,1-9H3/b19-11+/t20-,24-/m0/s1. The summed E-state index contributed by atoms with van der Waals surface area (Å²) in [4.78, 5) is 11.3. The number of carbonyl (C=O) groups excluding carboxylic acids is 1. The van der Waals surface area contributed by atoms with Crippen LogP contribution in [0.1, 0.15) is 108 Å². The van der Waals surface area contributed by atoms with Crippen LogP contribution in [0.2, 0.25) is 0 Å². The molecule has 0 amide bonds. The number of ether oxygens (including phenoxy) is 1. The lowest BCUT2D eigenvalue weighted by atomic mass is 9.82. The summed E-state index contributed by atoms with van der Waals surface area (Å²) in [6, 6.07) is 4.58. The zero-order valence-electron chi connectivity index (χ0n) is 20.2. The minimum Gasteiger partial charge on any atom is -0.366 e. The Balaban J connectivity index is 3.42. The van der Waals surface area contributed by atoms with Gasteiger partial charge in [-0.1, -0.05) is 59.8 Å². The van der Waals surface area contributed by atoms with Crippen LogP contribution in [0.15, 0.2) is 23.8 Å². The summed E-state index contributed by atoms with van der Waals surface area (Å²) >= 11 is 0. The van der Waals surface area contributed by atoms with Gasteiger partial charge in [0.25, 0.3) is 0 Å². The highest BCUT2D eigenvalue weighted by molar-refractivity contribution is 7.90. The first-order valence-corrected chi connectivity index (χ1v) is 13.0. The minimum atomic E-state index is -3.12. The molecular formula is C25H40O4S. The quantitative estimate of drug-likeness (QED) is 0.311. The van der Waals surface area contributed by atoms with E-state index in [-0.39, 0.29) is 18.3 Å². The molecule has 1 aromatic carbocycles. The second-order valence-corrected chi connectivity index (χ2v) is 11.5. The van der Waals surface area contributed by atoms with Crippen molar-refractivity contribution in [1.82, 2.24) is 0 Å². The van der Waals surface area contributed by atoms with Crippen LogP contribution >= 0.6 is 0 Å². The van der Waals surface area contributed by atoms with E-state index >= 15 is 0 Å². The maximum absolute atomic E-state index is 11.5. The van der Waals surface area contributed by atoms with Crippen molar-refractivity contribution in [2.45, 2.75) is 91.8 Å². The Hall–Kier alpha value is -1.46. The van der Waals surface area contributed by atoms with E-state index in [0.29, 0.717) is 17.8 Å². The molecule has 0 radical (unpaired) electrons. The Morgan fingerprint density at radius 3 is 1.83 bits per heavy atom. The molecule has 1 rings (SSSR count). The lowest BCUT2D eigenvalue weighted by molar-refractivity contribution is -0.110. The Labute approximate surface area is 184 Å². The van der Waals surface area contributed by atoms with Gasteiger partial charge in [0.15, 0.2) is 9.84 Å². The van der Waals surface area contributed by atoms with Crippen molar-refractivity contribution in [2.75, 3.05) is 12.0 Å². The molecule has 0 bridgehead atoms. The zero-order valence-corrected chi connectivity index (χ0v) is 21.0. The topological polar surface area (TPSA) is 60.4 Å². The lowest BCUT2D eigenvalue weighted by Gasteiger charge is -2.29. The third kappa shape index (κ3) is 7.66. The zero-order chi connectivity index (χ0) is 23.2. The SMILES string of the molecule is C/C(=C\CS(C)(=O)=O)[C@H](CC=O)O[C@@H](C)c1c(C(C)C)cc(C(C)C)cc1C(C)C. The van der Waals surface area contributed by atoms with Crippen molar-refractivity contribution in [3.05, 3.63) is 46.0 Å². The van der Waals surface area contributed by atoms with E-state index in [1.54, 1.807) is 6.08 Å². The molecule has 30 heavy (non-hydrogen) atoms. The molecule has 170 valence electrons. The van der Waals surface area contributed by atoms with Crippen molar-refractivity contribution >= 4 is 16.1 Å². The molecule has 0 fully saturated rings. The molecule has 5 heteroatoms. The predicted octanol–water partition coefficient (Wildman–Crippen LogP) is 6.08. The summed E-state index contributed by atoms with van der Waals surface area (Å²) in [6.45, 7) is 17.1. The van der Waals surface area contributed by atoms with Gasteiger partial charge in [0.2, 0.25) is 0 Å². The largest absolute Gasteiger partial charge is 0.366 e. The summed E-state index contributed by atoms with van der Waals surface area (Å²) in [5.74, 6) is 1.07. The number of benzene rings is 1. The molecule has 0 saturated carbocycles. The highest BCUT2D eigenvalue weighted by Gasteiger charge is 2.24. The third-order valence-electron chi connectivity index (χ3n) is 5.48. The van der Waals surface area contributed by atoms with Gasteiger partial charge in [0, 0.05) is 12.7 Å². The summed E-state index contributed by atoms with van der Waals surface area (Å²) in [6.07, 6.45) is 3.25. The predicted molar refractivity (Wildman–Crippen MR) is 126 cm³/mol. The van der Waals surface area contributed by atoms with E-state index in [1.165, 1.54) is 28.5 Å². The normalized spacial score (nSPS) is 15.1. The van der Waals surface area contributed by atoms with E-state index in [1.807, 2.05) is 13.8 Å². The van der Waals surface area contributed by atoms with Gasteiger partial charge in [0.1, 0.15) is 6.29 Å². The smallest absolute Gasteiger partial charge is 0.151 e. The van der Waals surface area contributed by atoms with E-state index < -0.39 is 15.9 Å². The van der Waals surface area contributed by atoms with E-state index in [2.05, 4.69) is 53.7 Å². The summed E-state index contributed by atoms with van der Waals surface area (Å²) < 4.78 is 29.5. The molecule has 0 unspecified atom stereocenters. The minimum absolute atomic E-state index is 0.0521. The molecule has 0 spiro atoms. The lowest BCUT2D eigenvalue weighted by Crippen LogP contribution is -2.21. The number of carbonyl (C=O) groups is 1. The number of aldehydes is 1. The van der Waals surface area contributed by atoms with Crippen LogP contribution in [0.25, 0.3) is 0 Å². The van der Waals surface area contributed by atoms with Gasteiger partial charge in [-0.3, -0.25) is 0 Å². The molecule has 0 aliphatic carbocycles. The third-order valence-corrected chi connectivity index (χ3v) is 6.25. The fourth-order valence-corrected chi connectivity index (χ4v) is 4.21. The van der Waals surface area contributed by atoms with Crippen LogP contribution in [0.5, 0.6) is 0 Å². The fourth-order valence-electron chi connectivity index (χ4n) is 3.65. The number of sulfone groups is 1. The molecule has 1 aromatic rings. The first kappa shape index (κ1) is 26.6. The number of rotatable bonds is 11. The van der Waals surface area contributed by atoms with Gasteiger partial charge in [-0.2, -0.15) is 0 Å². The summed E-state index contributed by atoms with van der Waals surface area (Å²) in [5, 5.41) is 0. The monoisotopic (exact) mass is 436 g/mol. The molecule has 0 heterocycles.